The molecule has 0 atom stereocenters. The number of nitrogens with zero attached hydrogens (tertiary/aromatic N) is 3. The van der Waals surface area contributed by atoms with Crippen molar-refractivity contribution in [3.8, 4) is 11.3 Å². The van der Waals surface area contributed by atoms with Gasteiger partial charge in [0.15, 0.2) is 0 Å². The molecular formula is C18H14N4OS. The van der Waals surface area contributed by atoms with Gasteiger partial charge in [0.1, 0.15) is 0 Å². The van der Waals surface area contributed by atoms with Crippen LogP contribution in [0.2, 0.25) is 0 Å². The first-order chi connectivity index (χ1) is 11.7. The Morgan fingerprint density at radius 1 is 1.08 bits per heavy atom. The number of aryl methyl sites for hydroxylation is 1. The zero-order valence-corrected chi connectivity index (χ0v) is 13.7. The number of nitrogens with one attached hydrogen (secondary N) is 1. The summed E-state index contributed by atoms with van der Waals surface area (Å²) in [5.74, 6) is 0.0924. The summed E-state index contributed by atoms with van der Waals surface area (Å²) in [6, 6.07) is 17.3. The molecule has 0 aliphatic carbocycles. The van der Waals surface area contributed by atoms with Crippen LogP contribution in [0.1, 0.15) is 15.9 Å². The van der Waals surface area contributed by atoms with E-state index in [2.05, 4.69) is 46.6 Å². The summed E-state index contributed by atoms with van der Waals surface area (Å²) in [5, 5.41) is 9.18. The van der Waals surface area contributed by atoms with Crippen molar-refractivity contribution >= 4 is 28.2 Å². The fourth-order valence-corrected chi connectivity index (χ4v) is 3.25. The highest BCUT2D eigenvalue weighted by Gasteiger charge is 2.14. The minimum absolute atomic E-state index is 0.217. The molecule has 0 fully saturated rings. The van der Waals surface area contributed by atoms with E-state index in [1.165, 1.54) is 16.9 Å². The normalized spacial score (nSPS) is 10.9. The minimum atomic E-state index is -0.217. The fraction of sp³-hybridized carbons (Fsp3) is 0.0556. The first-order valence-electron chi connectivity index (χ1n) is 7.48. The number of hydrogen-bond acceptors (Lipinski definition) is 4. The van der Waals surface area contributed by atoms with E-state index in [0.29, 0.717) is 11.5 Å². The van der Waals surface area contributed by atoms with Crippen molar-refractivity contribution in [1.29, 1.82) is 0 Å². The summed E-state index contributed by atoms with van der Waals surface area (Å²) in [5.41, 5.74) is 3.81. The van der Waals surface area contributed by atoms with Crippen molar-refractivity contribution in [2.24, 2.45) is 0 Å². The van der Waals surface area contributed by atoms with Crippen molar-refractivity contribution in [3.63, 3.8) is 0 Å². The number of thiazole rings is 1. The van der Waals surface area contributed by atoms with Crippen LogP contribution in [0.4, 0.5) is 5.95 Å². The number of hydrogen-bond donors (Lipinski definition) is 1. The summed E-state index contributed by atoms with van der Waals surface area (Å²) < 4.78 is 1.76. The van der Waals surface area contributed by atoms with Gasteiger partial charge in [0.25, 0.3) is 11.9 Å². The lowest BCUT2D eigenvalue weighted by Crippen LogP contribution is -2.12. The molecule has 1 amide bonds. The van der Waals surface area contributed by atoms with Crippen LogP contribution in [0.25, 0.3) is 16.2 Å². The van der Waals surface area contributed by atoms with E-state index < -0.39 is 0 Å². The second-order valence-corrected chi connectivity index (χ2v) is 6.27. The van der Waals surface area contributed by atoms with Crippen molar-refractivity contribution in [2.75, 3.05) is 5.32 Å². The summed E-state index contributed by atoms with van der Waals surface area (Å²) in [6.45, 7) is 2.06. The predicted molar refractivity (Wildman–Crippen MR) is 95.4 cm³/mol. The highest BCUT2D eigenvalue weighted by Crippen LogP contribution is 2.26. The smallest absolute Gasteiger partial charge is 0.258 e. The average molecular weight is 334 g/mol. The Bertz CT molecular complexity index is 1000. The van der Waals surface area contributed by atoms with E-state index in [1.807, 2.05) is 23.6 Å². The maximum absolute atomic E-state index is 12.2. The summed E-state index contributed by atoms with van der Waals surface area (Å²) in [7, 11) is 0. The van der Waals surface area contributed by atoms with Crippen LogP contribution in [0.15, 0.2) is 60.0 Å². The van der Waals surface area contributed by atoms with Crippen LogP contribution in [-0.4, -0.2) is 20.5 Å². The first-order valence-corrected chi connectivity index (χ1v) is 8.36. The number of amides is 1. The molecule has 2 aromatic carbocycles. The quantitative estimate of drug-likeness (QED) is 0.615. The second-order valence-electron chi connectivity index (χ2n) is 5.44. The molecule has 4 aromatic rings. The molecule has 0 unspecified atom stereocenters. The van der Waals surface area contributed by atoms with Gasteiger partial charge in [-0.05, 0) is 19.1 Å². The van der Waals surface area contributed by atoms with Crippen LogP contribution in [0, 0.1) is 6.92 Å². The predicted octanol–water partition coefficient (Wildman–Crippen LogP) is 4.02. The van der Waals surface area contributed by atoms with E-state index in [1.54, 1.807) is 16.6 Å². The second kappa shape index (κ2) is 5.90. The molecule has 1 N–H and O–H groups in total. The Kier molecular flexibility index (Phi) is 3.59. The highest BCUT2D eigenvalue weighted by molar-refractivity contribution is 7.15. The molecule has 0 aliphatic rings. The zero-order chi connectivity index (χ0) is 16.5. The van der Waals surface area contributed by atoms with E-state index >= 15 is 0 Å². The standard InChI is InChI=1S/C18H14N4OS/c1-12-7-9-13(10-8-12)15-11-24-18-20-17(21-22(15)18)19-16(23)14-5-3-2-4-6-14/h2-11H,1H3,(H,19,21,23). The number of fused-ring (bicyclic) bond motifs is 1. The van der Waals surface area contributed by atoms with E-state index in [4.69, 9.17) is 0 Å². The largest absolute Gasteiger partial charge is 0.289 e. The molecule has 4 rings (SSSR count). The van der Waals surface area contributed by atoms with Crippen LogP contribution >= 0.6 is 11.3 Å². The molecule has 24 heavy (non-hydrogen) atoms. The van der Waals surface area contributed by atoms with Crippen LogP contribution in [0.5, 0.6) is 0 Å². The third-order valence-corrected chi connectivity index (χ3v) is 4.51. The summed E-state index contributed by atoms with van der Waals surface area (Å²) in [6.07, 6.45) is 0. The van der Waals surface area contributed by atoms with Gasteiger partial charge in [-0.25, -0.2) is 4.52 Å². The molecule has 0 aliphatic heterocycles. The Hall–Kier alpha value is -2.99. The number of aromatic nitrogens is 3. The Morgan fingerprint density at radius 3 is 2.58 bits per heavy atom. The molecule has 0 saturated heterocycles. The number of carbonyl (C=O) groups excluding carboxylic acids is 1. The van der Waals surface area contributed by atoms with Crippen molar-refractivity contribution in [2.45, 2.75) is 6.92 Å². The zero-order valence-electron chi connectivity index (χ0n) is 12.9. The number of anilines is 1. The minimum Gasteiger partial charge on any atom is -0.289 e. The van der Waals surface area contributed by atoms with Gasteiger partial charge in [0, 0.05) is 16.5 Å². The van der Waals surface area contributed by atoms with Gasteiger partial charge in [0.2, 0.25) is 4.96 Å². The Morgan fingerprint density at radius 2 is 1.83 bits per heavy atom. The average Bonchev–Trinajstić information content (AvgIpc) is 3.16. The topological polar surface area (TPSA) is 59.3 Å². The van der Waals surface area contributed by atoms with E-state index in [0.717, 1.165) is 16.2 Å². The maximum Gasteiger partial charge on any atom is 0.258 e. The van der Waals surface area contributed by atoms with Crippen LogP contribution in [0.3, 0.4) is 0 Å². The third kappa shape index (κ3) is 2.68. The summed E-state index contributed by atoms with van der Waals surface area (Å²) in [4.78, 5) is 17.3. The SMILES string of the molecule is Cc1ccc(-c2csc3nc(NC(=O)c4ccccc4)nn23)cc1. The Balaban J connectivity index is 1.65. The van der Waals surface area contributed by atoms with Gasteiger partial charge in [-0.1, -0.05) is 48.0 Å². The van der Waals surface area contributed by atoms with E-state index in [9.17, 15) is 4.79 Å². The number of benzene rings is 2. The lowest BCUT2D eigenvalue weighted by atomic mass is 10.1. The van der Waals surface area contributed by atoms with Crippen molar-refractivity contribution < 1.29 is 4.79 Å². The lowest BCUT2D eigenvalue weighted by Gasteiger charge is -2.01. The van der Waals surface area contributed by atoms with Crippen molar-refractivity contribution in [1.82, 2.24) is 14.6 Å². The Labute approximate surface area is 142 Å². The molecule has 0 saturated carbocycles. The number of carbonyl (C=O) groups is 1. The first kappa shape index (κ1) is 14.6. The molecule has 2 heterocycles. The molecule has 0 bridgehead atoms. The monoisotopic (exact) mass is 334 g/mol. The molecule has 5 nitrogen and oxygen atoms in total. The molecule has 2 aromatic heterocycles. The number of rotatable bonds is 3. The van der Waals surface area contributed by atoms with Gasteiger partial charge in [-0.3, -0.25) is 10.1 Å². The third-order valence-electron chi connectivity index (χ3n) is 3.69. The lowest BCUT2D eigenvalue weighted by molar-refractivity contribution is 0.102. The summed E-state index contributed by atoms with van der Waals surface area (Å²) >= 11 is 1.49. The van der Waals surface area contributed by atoms with Gasteiger partial charge in [0.05, 0.1) is 5.69 Å². The molecular weight excluding hydrogens is 320 g/mol. The molecule has 0 spiro atoms. The fourth-order valence-electron chi connectivity index (χ4n) is 2.42. The maximum atomic E-state index is 12.2. The highest BCUT2D eigenvalue weighted by atomic mass is 32.1. The van der Waals surface area contributed by atoms with Crippen LogP contribution < -0.4 is 5.32 Å². The molecule has 118 valence electrons. The van der Waals surface area contributed by atoms with Gasteiger partial charge in [-0.15, -0.1) is 16.4 Å². The van der Waals surface area contributed by atoms with E-state index in [-0.39, 0.29) is 5.91 Å². The van der Waals surface area contributed by atoms with Crippen molar-refractivity contribution in [3.05, 3.63) is 71.1 Å². The van der Waals surface area contributed by atoms with Crippen LogP contribution in [-0.2, 0) is 0 Å². The van der Waals surface area contributed by atoms with Gasteiger partial charge in [-0.2, -0.15) is 4.98 Å². The molecule has 0 radical (unpaired) electrons. The van der Waals surface area contributed by atoms with Gasteiger partial charge >= 0.3 is 0 Å². The van der Waals surface area contributed by atoms with Gasteiger partial charge < -0.3 is 0 Å². The molecule has 6 heteroatoms.